The molecule has 0 fully saturated rings. The molecular formula is C12H8ClF2N3O. The third kappa shape index (κ3) is 2.79. The first kappa shape index (κ1) is 13.2. The highest BCUT2D eigenvalue weighted by Gasteiger charge is 2.16. The molecule has 1 heterocycles. The number of hydrogen-bond donors (Lipinski definition) is 2. The van der Waals surface area contributed by atoms with Gasteiger partial charge in [-0.25, -0.2) is 13.8 Å². The molecule has 1 aromatic heterocycles. The zero-order valence-electron chi connectivity index (χ0n) is 9.45. The number of nitrogens with one attached hydrogen (secondary N) is 1. The molecule has 3 N–H and O–H groups in total. The van der Waals surface area contributed by atoms with E-state index >= 15 is 0 Å². The molecule has 1 amide bonds. The van der Waals surface area contributed by atoms with Gasteiger partial charge in [0.05, 0.1) is 16.3 Å². The Bertz CT molecular complexity index is 649. The van der Waals surface area contributed by atoms with Gasteiger partial charge in [-0.15, -0.1) is 0 Å². The highest BCUT2D eigenvalue weighted by molar-refractivity contribution is 6.30. The Morgan fingerprint density at radius 1 is 1.32 bits per heavy atom. The van der Waals surface area contributed by atoms with Crippen LogP contribution in [0.3, 0.4) is 0 Å². The number of anilines is 2. The van der Waals surface area contributed by atoms with Crippen LogP contribution in [0.5, 0.6) is 0 Å². The minimum atomic E-state index is -0.932. The molecule has 1 aromatic carbocycles. The predicted octanol–water partition coefficient (Wildman–Crippen LogP) is 2.85. The Balaban J connectivity index is 2.31. The minimum absolute atomic E-state index is 0.0715. The fraction of sp³-hybridized carbons (Fsp3) is 0. The molecule has 0 radical (unpaired) electrons. The highest BCUT2D eigenvalue weighted by Crippen LogP contribution is 2.21. The second-order valence-electron chi connectivity index (χ2n) is 3.64. The van der Waals surface area contributed by atoms with Crippen LogP contribution in [-0.2, 0) is 0 Å². The molecule has 0 aliphatic heterocycles. The largest absolute Gasteiger partial charge is 0.396 e. The van der Waals surface area contributed by atoms with Gasteiger partial charge in [0.25, 0.3) is 5.91 Å². The number of amides is 1. The second kappa shape index (κ2) is 5.19. The number of carbonyl (C=O) groups excluding carboxylic acids is 1. The van der Waals surface area contributed by atoms with Crippen LogP contribution in [0.25, 0.3) is 0 Å². The van der Waals surface area contributed by atoms with Crippen molar-refractivity contribution in [2.45, 2.75) is 0 Å². The Labute approximate surface area is 112 Å². The van der Waals surface area contributed by atoms with Crippen molar-refractivity contribution >= 4 is 29.0 Å². The average Bonchev–Trinajstić information content (AvgIpc) is 2.36. The van der Waals surface area contributed by atoms with E-state index in [1.54, 1.807) is 6.07 Å². The molecule has 2 aromatic rings. The lowest BCUT2D eigenvalue weighted by Gasteiger charge is -2.08. The lowest BCUT2D eigenvalue weighted by atomic mass is 10.2. The summed E-state index contributed by atoms with van der Waals surface area (Å²) in [6.45, 7) is 0. The molecule has 98 valence electrons. The van der Waals surface area contributed by atoms with E-state index in [0.29, 0.717) is 6.07 Å². The molecule has 0 saturated carbocycles. The molecular weight excluding hydrogens is 276 g/mol. The van der Waals surface area contributed by atoms with Crippen LogP contribution in [0.4, 0.5) is 20.3 Å². The second-order valence-corrected chi connectivity index (χ2v) is 4.05. The average molecular weight is 284 g/mol. The van der Waals surface area contributed by atoms with Crippen LogP contribution in [0, 0.1) is 11.6 Å². The molecule has 2 rings (SSSR count). The first-order chi connectivity index (χ1) is 8.99. The molecule has 0 saturated heterocycles. The van der Waals surface area contributed by atoms with Gasteiger partial charge in [-0.3, -0.25) is 4.79 Å². The zero-order valence-corrected chi connectivity index (χ0v) is 10.2. The van der Waals surface area contributed by atoms with E-state index in [1.165, 1.54) is 12.3 Å². The van der Waals surface area contributed by atoms with Gasteiger partial charge in [0, 0.05) is 6.20 Å². The van der Waals surface area contributed by atoms with Crippen LogP contribution < -0.4 is 11.1 Å². The summed E-state index contributed by atoms with van der Waals surface area (Å²) in [6, 6.07) is 4.54. The van der Waals surface area contributed by atoms with Crippen LogP contribution in [-0.4, -0.2) is 10.9 Å². The molecule has 4 nitrogen and oxygen atoms in total. The van der Waals surface area contributed by atoms with Gasteiger partial charge in [-0.05, 0) is 24.3 Å². The standard InChI is InChI=1S/C12H8ClF2N3O/c13-7-5-8(14)6(4-9(7)15)12(19)18-11-10(16)2-1-3-17-11/h1-5H,16H2,(H,17,18,19). The topological polar surface area (TPSA) is 68.0 Å². The maximum Gasteiger partial charge on any atom is 0.259 e. The lowest BCUT2D eigenvalue weighted by Crippen LogP contribution is -2.16. The van der Waals surface area contributed by atoms with E-state index in [9.17, 15) is 13.6 Å². The van der Waals surface area contributed by atoms with Crippen LogP contribution in [0.2, 0.25) is 5.02 Å². The monoisotopic (exact) mass is 283 g/mol. The predicted molar refractivity (Wildman–Crippen MR) is 68.0 cm³/mol. The highest BCUT2D eigenvalue weighted by atomic mass is 35.5. The van der Waals surface area contributed by atoms with E-state index in [1.807, 2.05) is 0 Å². The van der Waals surface area contributed by atoms with Crippen molar-refractivity contribution in [3.8, 4) is 0 Å². The van der Waals surface area contributed by atoms with Crippen molar-refractivity contribution in [1.29, 1.82) is 0 Å². The van der Waals surface area contributed by atoms with E-state index in [2.05, 4.69) is 10.3 Å². The van der Waals surface area contributed by atoms with Gasteiger partial charge in [0.1, 0.15) is 11.6 Å². The Hall–Kier alpha value is -2.21. The summed E-state index contributed by atoms with van der Waals surface area (Å²) >= 11 is 5.40. The quantitative estimate of drug-likeness (QED) is 0.833. The fourth-order valence-electron chi connectivity index (χ4n) is 1.39. The Morgan fingerprint density at radius 3 is 2.74 bits per heavy atom. The van der Waals surface area contributed by atoms with Crippen molar-refractivity contribution < 1.29 is 13.6 Å². The number of carbonyl (C=O) groups is 1. The summed E-state index contributed by atoms with van der Waals surface area (Å²) in [7, 11) is 0. The molecule has 0 aliphatic rings. The summed E-state index contributed by atoms with van der Waals surface area (Å²) in [5, 5.41) is 1.89. The molecule has 7 heteroatoms. The minimum Gasteiger partial charge on any atom is -0.396 e. The van der Waals surface area contributed by atoms with Gasteiger partial charge >= 0.3 is 0 Å². The maximum absolute atomic E-state index is 13.5. The normalized spacial score (nSPS) is 10.3. The molecule has 19 heavy (non-hydrogen) atoms. The summed E-state index contributed by atoms with van der Waals surface area (Å²) < 4.78 is 26.7. The van der Waals surface area contributed by atoms with Crippen LogP contribution >= 0.6 is 11.6 Å². The number of halogens is 3. The van der Waals surface area contributed by atoms with E-state index in [-0.39, 0.29) is 11.5 Å². The van der Waals surface area contributed by atoms with Gasteiger partial charge in [0.2, 0.25) is 0 Å². The number of nitrogens with zero attached hydrogens (tertiary/aromatic N) is 1. The van der Waals surface area contributed by atoms with Gasteiger partial charge in [0.15, 0.2) is 5.82 Å². The number of hydrogen-bond acceptors (Lipinski definition) is 3. The summed E-state index contributed by atoms with van der Waals surface area (Å²) in [5.74, 6) is -2.61. The van der Waals surface area contributed by atoms with Crippen LogP contribution in [0.1, 0.15) is 10.4 Å². The number of nitrogen functional groups attached to an aromatic ring is 1. The van der Waals surface area contributed by atoms with Gasteiger partial charge in [-0.1, -0.05) is 11.6 Å². The Kier molecular flexibility index (Phi) is 3.62. The number of rotatable bonds is 2. The third-order valence-corrected chi connectivity index (χ3v) is 2.62. The molecule has 0 unspecified atom stereocenters. The first-order valence-electron chi connectivity index (χ1n) is 5.15. The van der Waals surface area contributed by atoms with Crippen molar-refractivity contribution in [3.63, 3.8) is 0 Å². The number of nitrogens with two attached hydrogens (primary N) is 1. The van der Waals surface area contributed by atoms with E-state index in [4.69, 9.17) is 17.3 Å². The number of aromatic nitrogens is 1. The Morgan fingerprint density at radius 2 is 2.05 bits per heavy atom. The molecule has 0 spiro atoms. The van der Waals surface area contributed by atoms with Crippen molar-refractivity contribution in [1.82, 2.24) is 4.98 Å². The SMILES string of the molecule is Nc1cccnc1NC(=O)c1cc(F)c(Cl)cc1F. The fourth-order valence-corrected chi connectivity index (χ4v) is 1.54. The number of benzene rings is 1. The molecule has 0 bridgehead atoms. The third-order valence-electron chi connectivity index (χ3n) is 2.33. The smallest absolute Gasteiger partial charge is 0.259 e. The van der Waals surface area contributed by atoms with Crippen LogP contribution in [0.15, 0.2) is 30.5 Å². The van der Waals surface area contributed by atoms with Gasteiger partial charge in [-0.2, -0.15) is 0 Å². The summed E-state index contributed by atoms with van der Waals surface area (Å²) in [5.41, 5.74) is 5.31. The lowest BCUT2D eigenvalue weighted by molar-refractivity contribution is 0.102. The summed E-state index contributed by atoms with van der Waals surface area (Å²) in [6.07, 6.45) is 1.41. The summed E-state index contributed by atoms with van der Waals surface area (Å²) in [4.78, 5) is 15.6. The van der Waals surface area contributed by atoms with E-state index in [0.717, 1.165) is 6.07 Å². The van der Waals surface area contributed by atoms with Crippen molar-refractivity contribution in [2.24, 2.45) is 0 Å². The zero-order chi connectivity index (χ0) is 14.0. The maximum atomic E-state index is 13.5. The number of pyridine rings is 1. The molecule has 0 aliphatic carbocycles. The van der Waals surface area contributed by atoms with Gasteiger partial charge < -0.3 is 11.1 Å². The van der Waals surface area contributed by atoms with E-state index < -0.39 is 28.1 Å². The first-order valence-corrected chi connectivity index (χ1v) is 5.53. The molecule has 0 atom stereocenters. The van der Waals surface area contributed by atoms with Crippen molar-refractivity contribution in [3.05, 3.63) is 52.7 Å². The van der Waals surface area contributed by atoms with Crippen molar-refractivity contribution in [2.75, 3.05) is 11.1 Å².